The summed E-state index contributed by atoms with van der Waals surface area (Å²) in [7, 11) is 0. The summed E-state index contributed by atoms with van der Waals surface area (Å²) < 4.78 is 0. The highest BCUT2D eigenvalue weighted by atomic mass is 15.0. The molecule has 3 aliphatic rings. The SMILES string of the molecule is C[C@H]1C(c2cc3ccccc3c3ccccc23)=NC(c2cc3ccccc3c3ccccc23)=NC1c1ccc(C2=CN=C3C=CC=CC3(C)C2)cc1. The van der Waals surface area contributed by atoms with Crippen LogP contribution in [0.1, 0.15) is 48.6 Å². The summed E-state index contributed by atoms with van der Waals surface area (Å²) in [6, 6.07) is 48.4. The Labute approximate surface area is 303 Å². The molecule has 1 aliphatic carbocycles. The molecule has 0 amide bonds. The third-order valence-corrected chi connectivity index (χ3v) is 11.4. The normalized spacial score (nSPS) is 21.2. The Hall–Kier alpha value is -6.19. The van der Waals surface area contributed by atoms with E-state index in [1.54, 1.807) is 0 Å². The minimum atomic E-state index is -0.124. The molecule has 0 bridgehead atoms. The Kier molecular flexibility index (Phi) is 7.04. The highest BCUT2D eigenvalue weighted by Gasteiger charge is 2.33. The first-order chi connectivity index (χ1) is 25.5. The molecule has 0 N–H and O–H groups in total. The number of nitrogens with zero attached hydrogens (tertiary/aromatic N) is 3. The molecule has 52 heavy (non-hydrogen) atoms. The molecule has 2 aliphatic heterocycles. The van der Waals surface area contributed by atoms with E-state index < -0.39 is 0 Å². The molecular weight excluding hydrogens is 631 g/mol. The number of fused-ring (bicyclic) bond motifs is 7. The number of aliphatic imine (C=N–C) groups is 3. The van der Waals surface area contributed by atoms with E-state index in [0.29, 0.717) is 0 Å². The van der Waals surface area contributed by atoms with Crippen molar-refractivity contribution in [3.63, 3.8) is 0 Å². The van der Waals surface area contributed by atoms with Gasteiger partial charge in [0.2, 0.25) is 0 Å². The summed E-state index contributed by atoms with van der Waals surface area (Å²) in [5, 5.41) is 9.75. The molecule has 2 heterocycles. The number of benzene rings is 7. The number of rotatable bonds is 4. The fourth-order valence-corrected chi connectivity index (χ4v) is 8.63. The van der Waals surface area contributed by atoms with Crippen molar-refractivity contribution in [1.82, 2.24) is 0 Å². The minimum Gasteiger partial charge on any atom is -0.260 e. The summed E-state index contributed by atoms with van der Waals surface area (Å²) in [5.74, 6) is 0.813. The van der Waals surface area contributed by atoms with Gasteiger partial charge in [-0.3, -0.25) is 9.98 Å². The quantitative estimate of drug-likeness (QED) is 0.168. The van der Waals surface area contributed by atoms with Crippen LogP contribution in [-0.2, 0) is 0 Å². The first kappa shape index (κ1) is 30.6. The summed E-state index contributed by atoms with van der Waals surface area (Å²) in [5.41, 5.74) is 8.00. The van der Waals surface area contributed by atoms with Crippen LogP contribution in [0.15, 0.2) is 179 Å². The lowest BCUT2D eigenvalue weighted by atomic mass is 9.74. The molecule has 0 aromatic heterocycles. The van der Waals surface area contributed by atoms with E-state index in [9.17, 15) is 0 Å². The lowest BCUT2D eigenvalue weighted by molar-refractivity contribution is 0.592. The van der Waals surface area contributed by atoms with Gasteiger partial charge in [-0.1, -0.05) is 153 Å². The summed E-state index contributed by atoms with van der Waals surface area (Å²) in [6.07, 6.45) is 11.6. The molecular formula is C49H37N3. The fraction of sp³-hybridized carbons (Fsp3) is 0.122. The molecule has 0 saturated heterocycles. The smallest absolute Gasteiger partial charge is 0.156 e. The molecule has 2 unspecified atom stereocenters. The van der Waals surface area contributed by atoms with Crippen LogP contribution in [0.5, 0.6) is 0 Å². The van der Waals surface area contributed by atoms with Crippen molar-refractivity contribution in [3.8, 4) is 0 Å². The van der Waals surface area contributed by atoms with Crippen LogP contribution < -0.4 is 0 Å². The molecule has 3 heteroatoms. The van der Waals surface area contributed by atoms with Crippen molar-refractivity contribution >= 4 is 65.9 Å². The van der Waals surface area contributed by atoms with E-state index in [1.807, 2.05) is 0 Å². The monoisotopic (exact) mass is 667 g/mol. The lowest BCUT2D eigenvalue weighted by Crippen LogP contribution is -2.28. The molecule has 3 nitrogen and oxygen atoms in total. The number of allylic oxidation sites excluding steroid dienone is 5. The summed E-state index contributed by atoms with van der Waals surface area (Å²) in [6.45, 7) is 4.57. The van der Waals surface area contributed by atoms with Gasteiger partial charge in [0.25, 0.3) is 0 Å². The van der Waals surface area contributed by atoms with E-state index >= 15 is 0 Å². The second kappa shape index (κ2) is 12.0. The Morgan fingerprint density at radius 1 is 0.615 bits per heavy atom. The summed E-state index contributed by atoms with van der Waals surface area (Å²) in [4.78, 5) is 16.0. The van der Waals surface area contributed by atoms with Gasteiger partial charge in [0, 0.05) is 28.7 Å². The highest BCUT2D eigenvalue weighted by molar-refractivity contribution is 6.26. The van der Waals surface area contributed by atoms with Crippen molar-refractivity contribution in [2.75, 3.05) is 0 Å². The van der Waals surface area contributed by atoms with Crippen molar-refractivity contribution < 1.29 is 0 Å². The zero-order valence-electron chi connectivity index (χ0n) is 29.3. The largest absolute Gasteiger partial charge is 0.260 e. The predicted molar refractivity (Wildman–Crippen MR) is 221 cm³/mol. The van der Waals surface area contributed by atoms with E-state index in [-0.39, 0.29) is 17.4 Å². The summed E-state index contributed by atoms with van der Waals surface area (Å²) >= 11 is 0. The average molecular weight is 668 g/mol. The third kappa shape index (κ3) is 4.92. The van der Waals surface area contributed by atoms with Crippen molar-refractivity contribution in [3.05, 3.63) is 186 Å². The molecule has 0 saturated carbocycles. The van der Waals surface area contributed by atoms with Gasteiger partial charge >= 0.3 is 0 Å². The standard InChI is InChI=1S/C49H37N3/c1-31-46(33-24-22-32(23-25-33)36-29-49(2)26-12-11-21-45(49)50-30-36)51-48(44-28-35-14-4-6-16-38(35)40-18-8-10-20-42(40)44)52-47(31)43-27-34-13-3-5-15-37(34)39-17-7-9-19-41(39)43/h3-28,30-31,46H,29H2,1-2H3/t31-,46?,49?/m1/s1. The van der Waals surface area contributed by atoms with Gasteiger partial charge in [-0.25, -0.2) is 4.99 Å². The fourth-order valence-electron chi connectivity index (χ4n) is 8.63. The van der Waals surface area contributed by atoms with Crippen LogP contribution in [-0.4, -0.2) is 17.3 Å². The number of hydrogen-bond donors (Lipinski definition) is 0. The van der Waals surface area contributed by atoms with Crippen LogP contribution in [0.4, 0.5) is 0 Å². The van der Waals surface area contributed by atoms with Crippen LogP contribution in [0.3, 0.4) is 0 Å². The van der Waals surface area contributed by atoms with Gasteiger partial charge in [-0.15, -0.1) is 0 Å². The Balaban J connectivity index is 1.15. The Morgan fingerprint density at radius 3 is 1.87 bits per heavy atom. The molecule has 10 rings (SSSR count). The second-order valence-corrected chi connectivity index (χ2v) is 14.7. The number of amidine groups is 1. The Morgan fingerprint density at radius 2 is 1.19 bits per heavy atom. The van der Waals surface area contributed by atoms with Gasteiger partial charge < -0.3 is 0 Å². The average Bonchev–Trinajstić information content (AvgIpc) is 3.20. The van der Waals surface area contributed by atoms with Crippen molar-refractivity contribution in [1.29, 1.82) is 0 Å². The van der Waals surface area contributed by atoms with Crippen LogP contribution in [0.2, 0.25) is 0 Å². The molecule has 7 aromatic rings. The maximum atomic E-state index is 5.56. The van der Waals surface area contributed by atoms with Gasteiger partial charge in [-0.05, 0) is 84.4 Å². The van der Waals surface area contributed by atoms with Crippen LogP contribution in [0.25, 0.3) is 48.7 Å². The van der Waals surface area contributed by atoms with Crippen molar-refractivity contribution in [2.24, 2.45) is 26.3 Å². The predicted octanol–water partition coefficient (Wildman–Crippen LogP) is 12.2. The Bertz CT molecular complexity index is 2790. The minimum absolute atomic E-state index is 0.0324. The number of hydrogen-bond acceptors (Lipinski definition) is 3. The molecule has 7 aromatic carbocycles. The topological polar surface area (TPSA) is 37.1 Å². The van der Waals surface area contributed by atoms with Gasteiger partial charge in [0.05, 0.1) is 17.5 Å². The zero-order chi connectivity index (χ0) is 34.8. The second-order valence-electron chi connectivity index (χ2n) is 14.7. The van der Waals surface area contributed by atoms with E-state index in [0.717, 1.165) is 29.2 Å². The third-order valence-electron chi connectivity index (χ3n) is 11.4. The zero-order valence-corrected chi connectivity index (χ0v) is 29.3. The van der Waals surface area contributed by atoms with Gasteiger partial charge in [-0.2, -0.15) is 0 Å². The maximum absolute atomic E-state index is 5.56. The lowest BCUT2D eigenvalue weighted by Gasteiger charge is -2.32. The first-order valence-electron chi connectivity index (χ1n) is 18.3. The molecule has 0 radical (unpaired) electrons. The van der Waals surface area contributed by atoms with Crippen molar-refractivity contribution in [2.45, 2.75) is 26.3 Å². The molecule has 0 fully saturated rings. The van der Waals surface area contributed by atoms with E-state index in [1.165, 1.54) is 65.4 Å². The van der Waals surface area contributed by atoms with Crippen LogP contribution in [0, 0.1) is 11.3 Å². The van der Waals surface area contributed by atoms with E-state index in [4.69, 9.17) is 15.0 Å². The molecule has 0 spiro atoms. The van der Waals surface area contributed by atoms with E-state index in [2.05, 4.69) is 178 Å². The highest BCUT2D eigenvalue weighted by Crippen LogP contribution is 2.42. The first-order valence-corrected chi connectivity index (χ1v) is 18.3. The molecule has 3 atom stereocenters. The maximum Gasteiger partial charge on any atom is 0.156 e. The van der Waals surface area contributed by atoms with Gasteiger partial charge in [0.1, 0.15) is 0 Å². The van der Waals surface area contributed by atoms with Crippen LogP contribution >= 0.6 is 0 Å². The molecule has 248 valence electrons. The van der Waals surface area contributed by atoms with Gasteiger partial charge in [0.15, 0.2) is 5.84 Å².